The molecule has 0 fully saturated rings. The largest absolute Gasteiger partial charge is 0.490 e. The average Bonchev–Trinajstić information content (AvgIpc) is 2.64. The fourth-order valence-corrected chi connectivity index (χ4v) is 2.18. The highest BCUT2D eigenvalue weighted by Crippen LogP contribution is 2.29. The van der Waals surface area contributed by atoms with E-state index >= 15 is 0 Å². The highest BCUT2D eigenvalue weighted by Gasteiger charge is 2.29. The molecule has 0 saturated heterocycles. The second kappa shape index (κ2) is 9.65. The van der Waals surface area contributed by atoms with Crippen LogP contribution in [0.15, 0.2) is 53.8 Å². The number of aromatic nitrogens is 1. The van der Waals surface area contributed by atoms with Crippen LogP contribution in [-0.4, -0.2) is 37.7 Å². The fourth-order valence-electron chi connectivity index (χ4n) is 2.18. The molecule has 0 radical (unpaired) electrons. The van der Waals surface area contributed by atoms with E-state index in [-0.39, 0.29) is 0 Å². The molecule has 1 aromatic heterocycles. The van der Waals surface area contributed by atoms with Crippen molar-refractivity contribution in [2.45, 2.75) is 12.6 Å². The van der Waals surface area contributed by atoms with Crippen LogP contribution in [0.4, 0.5) is 13.2 Å². The molecule has 0 aliphatic carbocycles. The van der Waals surface area contributed by atoms with E-state index in [1.807, 2.05) is 6.07 Å². The number of ether oxygens (including phenoxy) is 1. The van der Waals surface area contributed by atoms with Crippen LogP contribution in [0.25, 0.3) is 0 Å². The molecule has 8 heteroatoms. The second-order valence-electron chi connectivity index (χ2n) is 5.41. The van der Waals surface area contributed by atoms with Crippen molar-refractivity contribution in [1.29, 1.82) is 0 Å². The molecular weight excluding hydrogens is 345 g/mol. The van der Waals surface area contributed by atoms with Crippen LogP contribution >= 0.6 is 0 Å². The fraction of sp³-hybridized carbons (Fsp3) is 0.333. The van der Waals surface area contributed by atoms with Crippen LogP contribution in [0, 0.1) is 0 Å². The quantitative estimate of drug-likeness (QED) is 0.449. The monoisotopic (exact) mass is 366 g/mol. The maximum atomic E-state index is 12.5. The summed E-state index contributed by atoms with van der Waals surface area (Å²) in [5.74, 6) is 1.30. The van der Waals surface area contributed by atoms with Gasteiger partial charge in [-0.2, -0.15) is 13.2 Å². The predicted octanol–water partition coefficient (Wildman–Crippen LogP) is 2.89. The summed E-state index contributed by atoms with van der Waals surface area (Å²) in [4.78, 5) is 8.05. The molecular formula is C18H21F3N4O. The first kappa shape index (κ1) is 19.6. The van der Waals surface area contributed by atoms with E-state index < -0.39 is 11.7 Å². The Labute approximate surface area is 150 Å². The highest BCUT2D eigenvalue weighted by atomic mass is 19.4. The Hall–Kier alpha value is -2.77. The normalized spacial score (nSPS) is 11.9. The summed E-state index contributed by atoms with van der Waals surface area (Å²) < 4.78 is 43.1. The Morgan fingerprint density at radius 3 is 2.46 bits per heavy atom. The number of pyridine rings is 1. The Morgan fingerprint density at radius 1 is 1.12 bits per heavy atom. The summed E-state index contributed by atoms with van der Waals surface area (Å²) >= 11 is 0. The molecule has 26 heavy (non-hydrogen) atoms. The van der Waals surface area contributed by atoms with Gasteiger partial charge in [-0.25, -0.2) is 0 Å². The van der Waals surface area contributed by atoms with E-state index in [2.05, 4.69) is 20.6 Å². The van der Waals surface area contributed by atoms with Crippen molar-refractivity contribution in [1.82, 2.24) is 15.6 Å². The molecule has 2 aromatic rings. The smallest absolute Gasteiger partial charge is 0.416 e. The number of alkyl halides is 3. The van der Waals surface area contributed by atoms with Gasteiger partial charge in [-0.05, 0) is 36.2 Å². The second-order valence-corrected chi connectivity index (χ2v) is 5.41. The van der Waals surface area contributed by atoms with E-state index in [0.717, 1.165) is 17.7 Å². The average molecular weight is 366 g/mol. The third kappa shape index (κ3) is 6.62. The van der Waals surface area contributed by atoms with Crippen molar-refractivity contribution >= 4 is 5.96 Å². The molecule has 1 heterocycles. The van der Waals surface area contributed by atoms with Gasteiger partial charge >= 0.3 is 6.18 Å². The van der Waals surface area contributed by atoms with Gasteiger partial charge in [-0.1, -0.05) is 12.1 Å². The van der Waals surface area contributed by atoms with Crippen molar-refractivity contribution in [2.75, 3.05) is 26.7 Å². The zero-order valence-electron chi connectivity index (χ0n) is 14.4. The van der Waals surface area contributed by atoms with E-state index in [4.69, 9.17) is 4.74 Å². The SMILES string of the molecule is CN=C(NCCOc1cccnc1)NCCc1ccc(C(F)(F)F)cc1. The van der Waals surface area contributed by atoms with E-state index in [1.165, 1.54) is 12.1 Å². The van der Waals surface area contributed by atoms with E-state index in [0.29, 0.717) is 37.8 Å². The molecule has 2 rings (SSSR count). The van der Waals surface area contributed by atoms with E-state index in [1.54, 1.807) is 25.5 Å². The number of halogens is 3. The number of hydrogen-bond acceptors (Lipinski definition) is 3. The van der Waals surface area contributed by atoms with Gasteiger partial charge in [0.2, 0.25) is 0 Å². The molecule has 0 unspecified atom stereocenters. The number of guanidine groups is 1. The van der Waals surface area contributed by atoms with Gasteiger partial charge in [0.15, 0.2) is 5.96 Å². The summed E-state index contributed by atoms with van der Waals surface area (Å²) in [5.41, 5.74) is 0.182. The molecule has 140 valence electrons. The zero-order chi connectivity index (χ0) is 18.8. The zero-order valence-corrected chi connectivity index (χ0v) is 14.4. The summed E-state index contributed by atoms with van der Waals surface area (Å²) in [7, 11) is 1.65. The maximum absolute atomic E-state index is 12.5. The first-order chi connectivity index (χ1) is 12.5. The third-order valence-electron chi connectivity index (χ3n) is 3.51. The first-order valence-corrected chi connectivity index (χ1v) is 8.12. The summed E-state index contributed by atoms with van der Waals surface area (Å²) in [6, 6.07) is 8.79. The molecule has 0 spiro atoms. The summed E-state index contributed by atoms with van der Waals surface area (Å²) in [6.07, 6.45) is -0.406. The first-order valence-electron chi connectivity index (χ1n) is 8.12. The molecule has 2 N–H and O–H groups in total. The number of hydrogen-bond donors (Lipinski definition) is 2. The van der Waals surface area contributed by atoms with Gasteiger partial charge < -0.3 is 15.4 Å². The van der Waals surface area contributed by atoms with Gasteiger partial charge in [-0.15, -0.1) is 0 Å². The minimum absolute atomic E-state index is 0.450. The minimum atomic E-state index is -4.30. The standard InChI is InChI=1S/C18H21F3N4O/c1-22-17(25-11-12-26-16-3-2-9-23-13-16)24-10-8-14-4-6-15(7-5-14)18(19,20)21/h2-7,9,13H,8,10-12H2,1H3,(H2,22,24,25). The number of aliphatic imine (C=N–C) groups is 1. The molecule has 5 nitrogen and oxygen atoms in total. The van der Waals surface area contributed by atoms with Gasteiger partial charge in [-0.3, -0.25) is 9.98 Å². The lowest BCUT2D eigenvalue weighted by Gasteiger charge is -2.13. The van der Waals surface area contributed by atoms with Crippen LogP contribution in [-0.2, 0) is 12.6 Å². The lowest BCUT2D eigenvalue weighted by molar-refractivity contribution is -0.137. The Kier molecular flexibility index (Phi) is 7.25. The van der Waals surface area contributed by atoms with Crippen LogP contribution < -0.4 is 15.4 Å². The van der Waals surface area contributed by atoms with Crippen molar-refractivity contribution in [3.05, 3.63) is 59.9 Å². The lowest BCUT2D eigenvalue weighted by atomic mass is 10.1. The summed E-state index contributed by atoms with van der Waals surface area (Å²) in [5, 5.41) is 6.21. The lowest BCUT2D eigenvalue weighted by Crippen LogP contribution is -2.40. The van der Waals surface area contributed by atoms with Gasteiger partial charge in [0, 0.05) is 19.8 Å². The molecule has 0 atom stereocenters. The van der Waals surface area contributed by atoms with Crippen LogP contribution in [0.1, 0.15) is 11.1 Å². The number of rotatable bonds is 7. The number of benzene rings is 1. The van der Waals surface area contributed by atoms with Gasteiger partial charge in [0.1, 0.15) is 12.4 Å². The van der Waals surface area contributed by atoms with Crippen molar-refractivity contribution in [3.63, 3.8) is 0 Å². The topological polar surface area (TPSA) is 58.5 Å². The Balaban J connectivity index is 1.67. The number of nitrogens with zero attached hydrogens (tertiary/aromatic N) is 2. The Bertz CT molecular complexity index is 688. The van der Waals surface area contributed by atoms with E-state index in [9.17, 15) is 13.2 Å². The predicted molar refractivity (Wildman–Crippen MR) is 94.2 cm³/mol. The van der Waals surface area contributed by atoms with Crippen LogP contribution in [0.3, 0.4) is 0 Å². The maximum Gasteiger partial charge on any atom is 0.416 e. The van der Waals surface area contributed by atoms with Gasteiger partial charge in [0.05, 0.1) is 18.3 Å². The molecule has 0 bridgehead atoms. The molecule has 0 amide bonds. The highest BCUT2D eigenvalue weighted by molar-refractivity contribution is 5.79. The molecule has 0 aliphatic heterocycles. The molecule has 0 saturated carbocycles. The van der Waals surface area contributed by atoms with Crippen LogP contribution in [0.5, 0.6) is 5.75 Å². The van der Waals surface area contributed by atoms with Crippen molar-refractivity contribution < 1.29 is 17.9 Å². The third-order valence-corrected chi connectivity index (χ3v) is 3.51. The molecule has 1 aromatic carbocycles. The molecule has 0 aliphatic rings. The summed E-state index contributed by atoms with van der Waals surface area (Å²) in [6.45, 7) is 1.55. The van der Waals surface area contributed by atoms with Crippen molar-refractivity contribution in [3.8, 4) is 5.75 Å². The van der Waals surface area contributed by atoms with Gasteiger partial charge in [0.25, 0.3) is 0 Å². The Morgan fingerprint density at radius 2 is 1.85 bits per heavy atom. The number of nitrogens with one attached hydrogen (secondary N) is 2. The van der Waals surface area contributed by atoms with Crippen molar-refractivity contribution in [2.24, 2.45) is 4.99 Å². The van der Waals surface area contributed by atoms with Crippen LogP contribution in [0.2, 0.25) is 0 Å². The minimum Gasteiger partial charge on any atom is -0.490 e.